The van der Waals surface area contributed by atoms with Gasteiger partial charge in [-0.05, 0) is 55.9 Å². The smallest absolute Gasteiger partial charge is 0.320 e. The molecule has 3 unspecified atom stereocenters. The van der Waals surface area contributed by atoms with Crippen molar-refractivity contribution < 1.29 is 14.3 Å². The van der Waals surface area contributed by atoms with Gasteiger partial charge >= 0.3 is 6.03 Å². The van der Waals surface area contributed by atoms with E-state index in [9.17, 15) is 9.59 Å². The van der Waals surface area contributed by atoms with Crippen molar-refractivity contribution in [1.82, 2.24) is 14.7 Å². The van der Waals surface area contributed by atoms with Gasteiger partial charge in [0.25, 0.3) is 0 Å². The SMILES string of the molecule is CCN(C)C(=O)N1CCCC2C(=O)N3CCc4cc(OC)ccc4C3CC21. The highest BCUT2D eigenvalue weighted by atomic mass is 16.5. The van der Waals surface area contributed by atoms with Crippen LogP contribution in [0.1, 0.15) is 43.4 Å². The van der Waals surface area contributed by atoms with E-state index in [2.05, 4.69) is 17.0 Å². The summed E-state index contributed by atoms with van der Waals surface area (Å²) in [5.41, 5.74) is 2.48. The van der Waals surface area contributed by atoms with Crippen molar-refractivity contribution in [2.75, 3.05) is 33.8 Å². The summed E-state index contributed by atoms with van der Waals surface area (Å²) < 4.78 is 5.37. The molecule has 0 N–H and O–H groups in total. The molecular weight excluding hydrogens is 342 g/mol. The van der Waals surface area contributed by atoms with Gasteiger partial charge in [0.15, 0.2) is 0 Å². The lowest BCUT2D eigenvalue weighted by atomic mass is 9.76. The van der Waals surface area contributed by atoms with E-state index in [4.69, 9.17) is 4.74 Å². The van der Waals surface area contributed by atoms with Crippen molar-refractivity contribution in [3.05, 3.63) is 29.3 Å². The molecule has 3 heterocycles. The highest BCUT2D eigenvalue weighted by molar-refractivity contribution is 5.83. The van der Waals surface area contributed by atoms with Crippen molar-refractivity contribution in [3.8, 4) is 5.75 Å². The second-order valence-corrected chi connectivity index (χ2v) is 7.90. The molecule has 0 bridgehead atoms. The van der Waals surface area contributed by atoms with E-state index >= 15 is 0 Å². The first kappa shape index (κ1) is 18.1. The van der Waals surface area contributed by atoms with Crippen LogP contribution in [-0.2, 0) is 11.2 Å². The Morgan fingerprint density at radius 3 is 2.89 bits per heavy atom. The third-order valence-corrected chi connectivity index (χ3v) is 6.60. The van der Waals surface area contributed by atoms with Crippen LogP contribution in [0, 0.1) is 5.92 Å². The summed E-state index contributed by atoms with van der Waals surface area (Å²) in [4.78, 5) is 31.9. The van der Waals surface area contributed by atoms with E-state index in [1.807, 2.05) is 24.9 Å². The van der Waals surface area contributed by atoms with Crippen LogP contribution in [0.25, 0.3) is 0 Å². The molecule has 4 rings (SSSR count). The van der Waals surface area contributed by atoms with Gasteiger partial charge in [-0.2, -0.15) is 0 Å². The minimum atomic E-state index is -0.0518. The Balaban J connectivity index is 1.66. The quantitative estimate of drug-likeness (QED) is 0.803. The molecule has 146 valence electrons. The number of hydrogen-bond acceptors (Lipinski definition) is 3. The molecule has 0 aliphatic carbocycles. The van der Waals surface area contributed by atoms with Crippen LogP contribution < -0.4 is 4.74 Å². The number of fused-ring (bicyclic) bond motifs is 4. The zero-order valence-corrected chi connectivity index (χ0v) is 16.5. The summed E-state index contributed by atoms with van der Waals surface area (Å²) in [5, 5.41) is 0. The molecule has 3 atom stereocenters. The van der Waals surface area contributed by atoms with Gasteiger partial charge in [-0.25, -0.2) is 4.79 Å². The summed E-state index contributed by atoms with van der Waals surface area (Å²) in [6.07, 6.45) is 3.50. The summed E-state index contributed by atoms with van der Waals surface area (Å²) in [6.45, 7) is 4.17. The van der Waals surface area contributed by atoms with E-state index < -0.39 is 0 Å². The first-order valence-corrected chi connectivity index (χ1v) is 10.0. The lowest BCUT2D eigenvalue weighted by Gasteiger charge is -2.52. The fraction of sp³-hybridized carbons (Fsp3) is 0.619. The minimum Gasteiger partial charge on any atom is -0.497 e. The van der Waals surface area contributed by atoms with E-state index in [0.29, 0.717) is 6.54 Å². The highest BCUT2D eigenvalue weighted by Crippen LogP contribution is 2.44. The van der Waals surface area contributed by atoms with Crippen molar-refractivity contribution in [2.24, 2.45) is 5.92 Å². The molecule has 0 spiro atoms. The predicted molar refractivity (Wildman–Crippen MR) is 103 cm³/mol. The zero-order chi connectivity index (χ0) is 19.1. The Labute approximate surface area is 161 Å². The number of nitrogens with zero attached hydrogens (tertiary/aromatic N) is 3. The van der Waals surface area contributed by atoms with Crippen molar-refractivity contribution in [3.63, 3.8) is 0 Å². The standard InChI is InChI=1S/C21H29N3O3/c1-4-22(2)21(26)24-10-5-6-17-19(24)13-18-16-8-7-15(27-3)12-14(16)9-11-23(18)20(17)25/h7-8,12,17-19H,4-6,9-11,13H2,1-3H3. The number of ether oxygens (including phenoxy) is 1. The van der Waals surface area contributed by atoms with Gasteiger partial charge in [-0.3, -0.25) is 4.79 Å². The molecule has 0 saturated carbocycles. The number of amides is 3. The molecular formula is C21H29N3O3. The third-order valence-electron chi connectivity index (χ3n) is 6.60. The number of benzene rings is 1. The molecule has 3 amide bonds. The number of rotatable bonds is 2. The topological polar surface area (TPSA) is 53.1 Å². The molecule has 27 heavy (non-hydrogen) atoms. The summed E-state index contributed by atoms with van der Waals surface area (Å²) in [6, 6.07) is 6.30. The lowest BCUT2D eigenvalue weighted by Crippen LogP contribution is -2.61. The molecule has 2 saturated heterocycles. The zero-order valence-electron chi connectivity index (χ0n) is 16.5. The highest BCUT2D eigenvalue weighted by Gasteiger charge is 2.48. The Morgan fingerprint density at radius 1 is 1.33 bits per heavy atom. The van der Waals surface area contributed by atoms with Crippen LogP contribution in [0.5, 0.6) is 5.75 Å². The van der Waals surface area contributed by atoms with Gasteiger partial charge in [0, 0.05) is 32.7 Å². The number of hydrogen-bond donors (Lipinski definition) is 0. The molecule has 3 aliphatic rings. The van der Waals surface area contributed by atoms with Crippen LogP contribution in [0.15, 0.2) is 18.2 Å². The fourth-order valence-corrected chi connectivity index (χ4v) is 5.00. The van der Waals surface area contributed by atoms with Crippen molar-refractivity contribution in [1.29, 1.82) is 0 Å². The monoisotopic (exact) mass is 371 g/mol. The second-order valence-electron chi connectivity index (χ2n) is 7.90. The number of carbonyl (C=O) groups excluding carboxylic acids is 2. The predicted octanol–water partition coefficient (Wildman–Crippen LogP) is 2.68. The number of methoxy groups -OCH3 is 1. The molecule has 0 aromatic heterocycles. The van der Waals surface area contributed by atoms with E-state index in [1.54, 1.807) is 12.0 Å². The molecule has 1 aromatic rings. The van der Waals surface area contributed by atoms with Crippen LogP contribution in [-0.4, -0.2) is 66.5 Å². The van der Waals surface area contributed by atoms with Gasteiger partial charge in [-0.15, -0.1) is 0 Å². The first-order valence-electron chi connectivity index (χ1n) is 10.0. The van der Waals surface area contributed by atoms with E-state index in [-0.39, 0.29) is 29.9 Å². The maximum Gasteiger partial charge on any atom is 0.320 e. The number of urea groups is 1. The van der Waals surface area contributed by atoms with Gasteiger partial charge in [0.05, 0.1) is 19.1 Å². The Hall–Kier alpha value is -2.24. The summed E-state index contributed by atoms with van der Waals surface area (Å²) in [5.74, 6) is 1.04. The molecule has 0 radical (unpaired) electrons. The maximum atomic E-state index is 13.3. The van der Waals surface area contributed by atoms with Gasteiger partial charge in [-0.1, -0.05) is 6.07 Å². The Morgan fingerprint density at radius 2 is 2.15 bits per heavy atom. The van der Waals surface area contributed by atoms with Crippen molar-refractivity contribution in [2.45, 2.75) is 44.7 Å². The number of likely N-dealkylation sites (tertiary alicyclic amines) is 1. The largest absolute Gasteiger partial charge is 0.497 e. The van der Waals surface area contributed by atoms with E-state index in [1.165, 1.54) is 11.1 Å². The summed E-state index contributed by atoms with van der Waals surface area (Å²) >= 11 is 0. The van der Waals surface area contributed by atoms with Gasteiger partial charge in [0.2, 0.25) is 5.91 Å². The average molecular weight is 371 g/mol. The van der Waals surface area contributed by atoms with Crippen LogP contribution in [0.4, 0.5) is 4.79 Å². The number of piperidine rings is 2. The first-order chi connectivity index (χ1) is 13.0. The van der Waals surface area contributed by atoms with Crippen LogP contribution >= 0.6 is 0 Å². The molecule has 2 fully saturated rings. The molecule has 6 heteroatoms. The van der Waals surface area contributed by atoms with Gasteiger partial charge < -0.3 is 19.4 Å². The Kier molecular flexibility index (Phi) is 4.74. The lowest BCUT2D eigenvalue weighted by molar-refractivity contribution is -0.148. The van der Waals surface area contributed by atoms with E-state index in [0.717, 1.165) is 44.5 Å². The minimum absolute atomic E-state index is 0.00190. The second kappa shape index (κ2) is 7.06. The average Bonchev–Trinajstić information content (AvgIpc) is 2.71. The molecule has 1 aromatic carbocycles. The Bertz CT molecular complexity index is 750. The van der Waals surface area contributed by atoms with Crippen LogP contribution in [0.2, 0.25) is 0 Å². The van der Waals surface area contributed by atoms with Crippen LogP contribution in [0.3, 0.4) is 0 Å². The third kappa shape index (κ3) is 2.95. The van der Waals surface area contributed by atoms with Gasteiger partial charge in [0.1, 0.15) is 5.75 Å². The molecule has 3 aliphatic heterocycles. The molecule has 6 nitrogen and oxygen atoms in total. The number of carbonyl (C=O) groups is 2. The summed E-state index contributed by atoms with van der Waals surface area (Å²) in [7, 11) is 3.52. The maximum absolute atomic E-state index is 13.3. The fourth-order valence-electron chi connectivity index (χ4n) is 5.00. The van der Waals surface area contributed by atoms with Crippen molar-refractivity contribution >= 4 is 11.9 Å². The normalized spacial score (nSPS) is 26.8.